The Labute approximate surface area is 136 Å². The molecule has 0 aromatic heterocycles. The summed E-state index contributed by atoms with van der Waals surface area (Å²) in [7, 11) is 0. The van der Waals surface area contributed by atoms with Crippen LogP contribution in [-0.2, 0) is 4.79 Å². The fraction of sp³-hybridized carbons (Fsp3) is 0.316. The molecule has 0 fully saturated rings. The second-order valence-corrected chi connectivity index (χ2v) is 5.35. The molecule has 2 atom stereocenters. The Balaban J connectivity index is 2.02. The molecule has 0 unspecified atom stereocenters. The summed E-state index contributed by atoms with van der Waals surface area (Å²) in [6.07, 6.45) is 0.732. The fourth-order valence-electron chi connectivity index (χ4n) is 2.37. The summed E-state index contributed by atoms with van der Waals surface area (Å²) >= 11 is 0. The third kappa shape index (κ3) is 4.81. The topological polar surface area (TPSA) is 38.3 Å². The van der Waals surface area contributed by atoms with Gasteiger partial charge in [0.05, 0.1) is 6.04 Å². The molecule has 2 aromatic rings. The fourth-order valence-corrected chi connectivity index (χ4v) is 2.37. The van der Waals surface area contributed by atoms with Gasteiger partial charge in [0.15, 0.2) is 6.10 Å². The van der Waals surface area contributed by atoms with Crippen molar-refractivity contribution in [2.45, 2.75) is 38.8 Å². The summed E-state index contributed by atoms with van der Waals surface area (Å²) in [4.78, 5) is 12.5. The minimum Gasteiger partial charge on any atom is -0.481 e. The van der Waals surface area contributed by atoms with Crippen LogP contribution in [0, 0.1) is 5.82 Å². The minimum atomic E-state index is -0.599. The maximum Gasteiger partial charge on any atom is 0.261 e. The number of carbonyl (C=O) groups excluding carboxylic acids is 1. The van der Waals surface area contributed by atoms with Gasteiger partial charge < -0.3 is 10.1 Å². The molecule has 1 amide bonds. The van der Waals surface area contributed by atoms with E-state index >= 15 is 0 Å². The molecule has 0 saturated heterocycles. The van der Waals surface area contributed by atoms with Crippen molar-refractivity contribution < 1.29 is 13.9 Å². The van der Waals surface area contributed by atoms with Gasteiger partial charge >= 0.3 is 0 Å². The van der Waals surface area contributed by atoms with Gasteiger partial charge in [0.25, 0.3) is 5.91 Å². The molecule has 0 saturated carbocycles. The highest BCUT2D eigenvalue weighted by molar-refractivity contribution is 5.81. The number of carbonyl (C=O) groups is 1. The molecular formula is C19H22FNO2. The van der Waals surface area contributed by atoms with E-state index in [-0.39, 0.29) is 17.8 Å². The lowest BCUT2D eigenvalue weighted by atomic mass is 10.0. The van der Waals surface area contributed by atoms with E-state index in [2.05, 4.69) is 5.32 Å². The molecule has 0 radical (unpaired) electrons. The highest BCUT2D eigenvalue weighted by Gasteiger charge is 2.21. The minimum absolute atomic E-state index is 0.0467. The molecule has 23 heavy (non-hydrogen) atoms. The second kappa shape index (κ2) is 8.32. The predicted octanol–water partition coefficient (Wildman–Crippen LogP) is 4.25. The van der Waals surface area contributed by atoms with Crippen LogP contribution in [0.2, 0.25) is 0 Å². The first-order chi connectivity index (χ1) is 11.1. The van der Waals surface area contributed by atoms with Crippen molar-refractivity contribution in [3.05, 3.63) is 66.0 Å². The van der Waals surface area contributed by atoms with Gasteiger partial charge in [-0.3, -0.25) is 4.79 Å². The molecule has 122 valence electrons. The Kier molecular flexibility index (Phi) is 6.15. The van der Waals surface area contributed by atoms with E-state index in [9.17, 15) is 9.18 Å². The van der Waals surface area contributed by atoms with Crippen molar-refractivity contribution in [1.82, 2.24) is 5.32 Å². The van der Waals surface area contributed by atoms with Crippen molar-refractivity contribution in [3.63, 3.8) is 0 Å². The zero-order valence-corrected chi connectivity index (χ0v) is 13.5. The van der Waals surface area contributed by atoms with Gasteiger partial charge in [0.2, 0.25) is 0 Å². The van der Waals surface area contributed by atoms with Crippen LogP contribution in [0.4, 0.5) is 4.39 Å². The molecule has 1 N–H and O–H groups in total. The number of nitrogens with one attached hydrogen (secondary N) is 1. The lowest BCUT2D eigenvalue weighted by molar-refractivity contribution is -0.128. The lowest BCUT2D eigenvalue weighted by Crippen LogP contribution is -2.39. The van der Waals surface area contributed by atoms with E-state index in [1.54, 1.807) is 0 Å². The molecule has 0 aliphatic heterocycles. The van der Waals surface area contributed by atoms with Crippen LogP contribution in [0.1, 0.15) is 38.3 Å². The van der Waals surface area contributed by atoms with Gasteiger partial charge in [0, 0.05) is 0 Å². The molecule has 0 aliphatic rings. The molecule has 2 aromatic carbocycles. The van der Waals surface area contributed by atoms with E-state index in [0.29, 0.717) is 12.2 Å². The van der Waals surface area contributed by atoms with Crippen molar-refractivity contribution in [1.29, 1.82) is 0 Å². The third-order valence-electron chi connectivity index (χ3n) is 3.68. The second-order valence-electron chi connectivity index (χ2n) is 5.35. The van der Waals surface area contributed by atoms with Gasteiger partial charge in [-0.25, -0.2) is 4.39 Å². The van der Waals surface area contributed by atoms with Crippen LogP contribution in [0.3, 0.4) is 0 Å². The maximum atomic E-state index is 12.9. The summed E-state index contributed by atoms with van der Waals surface area (Å²) in [6, 6.07) is 15.5. The van der Waals surface area contributed by atoms with Gasteiger partial charge in [-0.2, -0.15) is 0 Å². The molecule has 4 heteroatoms. The first-order valence-electron chi connectivity index (χ1n) is 7.91. The van der Waals surface area contributed by atoms with Crippen molar-refractivity contribution in [2.75, 3.05) is 0 Å². The summed E-state index contributed by atoms with van der Waals surface area (Å²) < 4.78 is 18.6. The quantitative estimate of drug-likeness (QED) is 0.829. The average molecular weight is 315 g/mol. The Morgan fingerprint density at radius 1 is 1.04 bits per heavy atom. The van der Waals surface area contributed by atoms with Crippen LogP contribution in [-0.4, -0.2) is 12.0 Å². The van der Waals surface area contributed by atoms with Crippen molar-refractivity contribution in [2.24, 2.45) is 0 Å². The first kappa shape index (κ1) is 17.0. The molecule has 0 heterocycles. The SMILES string of the molecule is CC[C@H](Oc1ccc(F)cc1)C(=O)N[C@H](CC)c1ccccc1. The molecule has 0 spiro atoms. The van der Waals surface area contributed by atoms with Gasteiger partial charge in [-0.1, -0.05) is 44.2 Å². The van der Waals surface area contributed by atoms with E-state index in [4.69, 9.17) is 4.74 Å². The third-order valence-corrected chi connectivity index (χ3v) is 3.68. The molecular weight excluding hydrogens is 293 g/mol. The van der Waals surface area contributed by atoms with Crippen LogP contribution in [0.15, 0.2) is 54.6 Å². The maximum absolute atomic E-state index is 12.9. The number of ether oxygens (including phenoxy) is 1. The highest BCUT2D eigenvalue weighted by Crippen LogP contribution is 2.18. The molecule has 0 bridgehead atoms. The van der Waals surface area contributed by atoms with E-state index in [1.807, 2.05) is 44.2 Å². The van der Waals surface area contributed by atoms with Crippen LogP contribution >= 0.6 is 0 Å². The van der Waals surface area contributed by atoms with Crippen molar-refractivity contribution in [3.8, 4) is 5.75 Å². The average Bonchev–Trinajstić information content (AvgIpc) is 2.59. The number of rotatable bonds is 7. The number of halogens is 1. The summed E-state index contributed by atoms with van der Waals surface area (Å²) in [5.41, 5.74) is 1.07. The number of amides is 1. The first-order valence-corrected chi connectivity index (χ1v) is 7.91. The van der Waals surface area contributed by atoms with Gasteiger partial charge in [0.1, 0.15) is 11.6 Å². The number of benzene rings is 2. The summed E-state index contributed by atoms with van der Waals surface area (Å²) in [6.45, 7) is 3.91. The standard InChI is InChI=1S/C19H22FNO2/c1-3-17(14-8-6-5-7-9-14)21-19(22)18(4-2)23-16-12-10-15(20)11-13-16/h5-13,17-18H,3-4H2,1-2H3,(H,21,22)/t17-,18+/m1/s1. The van der Waals surface area contributed by atoms with Gasteiger partial charge in [-0.15, -0.1) is 0 Å². The molecule has 2 rings (SSSR count). The number of hydrogen-bond acceptors (Lipinski definition) is 2. The summed E-state index contributed by atoms with van der Waals surface area (Å²) in [5.74, 6) is -0.00124. The smallest absolute Gasteiger partial charge is 0.261 e. The zero-order chi connectivity index (χ0) is 16.7. The Bertz CT molecular complexity index is 613. The van der Waals surface area contributed by atoms with Crippen LogP contribution in [0.5, 0.6) is 5.75 Å². The Hall–Kier alpha value is -2.36. The van der Waals surface area contributed by atoms with Gasteiger partial charge in [-0.05, 0) is 42.7 Å². The summed E-state index contributed by atoms with van der Waals surface area (Å²) in [5, 5.41) is 3.03. The largest absolute Gasteiger partial charge is 0.481 e. The normalized spacial score (nSPS) is 13.2. The van der Waals surface area contributed by atoms with E-state index in [0.717, 1.165) is 12.0 Å². The van der Waals surface area contributed by atoms with E-state index in [1.165, 1.54) is 24.3 Å². The molecule has 3 nitrogen and oxygen atoms in total. The van der Waals surface area contributed by atoms with Crippen molar-refractivity contribution >= 4 is 5.91 Å². The number of hydrogen-bond donors (Lipinski definition) is 1. The Morgan fingerprint density at radius 2 is 1.70 bits per heavy atom. The Morgan fingerprint density at radius 3 is 2.26 bits per heavy atom. The van der Waals surface area contributed by atoms with Crippen LogP contribution < -0.4 is 10.1 Å². The predicted molar refractivity (Wildman–Crippen MR) is 88.7 cm³/mol. The highest BCUT2D eigenvalue weighted by atomic mass is 19.1. The van der Waals surface area contributed by atoms with Crippen LogP contribution in [0.25, 0.3) is 0 Å². The molecule has 0 aliphatic carbocycles. The monoisotopic (exact) mass is 315 g/mol. The lowest BCUT2D eigenvalue weighted by Gasteiger charge is -2.22. The zero-order valence-electron chi connectivity index (χ0n) is 13.5. The van der Waals surface area contributed by atoms with E-state index < -0.39 is 6.10 Å².